The first-order chi connectivity index (χ1) is 4.77. The molecule has 0 amide bonds. The third-order valence-electron chi connectivity index (χ3n) is 0.451. The Morgan fingerprint density at radius 1 is 1.20 bits per heavy atom. The van der Waals surface area contributed by atoms with Crippen LogP contribution < -0.4 is 0 Å². The maximum absolute atomic E-state index is 7.00. The molecule has 0 aromatic heterocycles. The van der Waals surface area contributed by atoms with Crippen LogP contribution in [0.5, 0.6) is 0 Å². The van der Waals surface area contributed by atoms with Gasteiger partial charge in [0.05, 0.1) is 0 Å². The molecule has 1 nitrogen and oxygen atoms in total. The maximum Gasteiger partial charge on any atom is 0.0319 e. The largest absolute Gasteiger partial charge is 0.400 e. The van der Waals surface area contributed by atoms with Gasteiger partial charge >= 0.3 is 0 Å². The molecule has 0 radical (unpaired) electrons. The van der Waals surface area contributed by atoms with Crippen LogP contribution in [0.1, 0.15) is 13.8 Å². The zero-order valence-corrected chi connectivity index (χ0v) is 7.22. The molecule has 0 saturated carbocycles. The fourth-order valence-corrected chi connectivity index (χ4v) is 0.236. The Balaban J connectivity index is -0.000000105. The molecule has 10 heavy (non-hydrogen) atoms. The van der Waals surface area contributed by atoms with Gasteiger partial charge in [-0.2, -0.15) is 0 Å². The van der Waals surface area contributed by atoms with Crippen LogP contribution in [-0.4, -0.2) is 12.2 Å². The summed E-state index contributed by atoms with van der Waals surface area (Å²) in [6, 6.07) is 0. The normalized spacial score (nSPS) is 5.20. The van der Waals surface area contributed by atoms with E-state index >= 15 is 0 Å². The van der Waals surface area contributed by atoms with Crippen molar-refractivity contribution in [3.63, 3.8) is 0 Å². The summed E-state index contributed by atoms with van der Waals surface area (Å²) in [5.74, 6) is 0. The molecule has 0 aromatic rings. The van der Waals surface area contributed by atoms with Gasteiger partial charge in [-0.1, -0.05) is 24.3 Å². The fourth-order valence-electron chi connectivity index (χ4n) is 0.236. The lowest BCUT2D eigenvalue weighted by Crippen LogP contribution is -1.54. The maximum atomic E-state index is 7.00. The lowest BCUT2D eigenvalue weighted by Gasteiger charge is -1.76. The van der Waals surface area contributed by atoms with Crippen molar-refractivity contribution in [1.82, 2.24) is 0 Å². The molecule has 0 fully saturated rings. The number of aliphatic hydroxyl groups is 1. The zero-order valence-electron chi connectivity index (χ0n) is 7.22. The third kappa shape index (κ3) is 57.7. The second kappa shape index (κ2) is 24.1. The van der Waals surface area contributed by atoms with E-state index in [0.717, 1.165) is 7.11 Å². The predicted octanol–water partition coefficient (Wildman–Crippen LogP) is 2.55. The van der Waals surface area contributed by atoms with Gasteiger partial charge in [0.2, 0.25) is 0 Å². The Morgan fingerprint density at radius 2 is 1.50 bits per heavy atom. The molecular formula is C9H18O. The van der Waals surface area contributed by atoms with E-state index in [4.69, 9.17) is 5.11 Å². The number of rotatable bonds is 1. The van der Waals surface area contributed by atoms with Crippen LogP contribution in [0.25, 0.3) is 0 Å². The Kier molecular flexibility index (Phi) is 38.8. The number of hydrogen-bond donors (Lipinski definition) is 1. The van der Waals surface area contributed by atoms with E-state index in [-0.39, 0.29) is 0 Å². The lowest BCUT2D eigenvalue weighted by atomic mass is 10.3. The van der Waals surface area contributed by atoms with Crippen molar-refractivity contribution < 1.29 is 5.11 Å². The van der Waals surface area contributed by atoms with Gasteiger partial charge in [-0.3, -0.25) is 0 Å². The number of allylic oxidation sites excluding steroid dienone is 3. The Morgan fingerprint density at radius 3 is 1.50 bits per heavy atom. The van der Waals surface area contributed by atoms with Gasteiger partial charge in [0.1, 0.15) is 0 Å². The van der Waals surface area contributed by atoms with Crippen LogP contribution in [0.15, 0.2) is 37.5 Å². The standard InChI is InChI=1S/C6H10.C2H4.CH4O/c1-4-5-6(2)3;2*1-2/h4-5H,1H2,2-3H3;1-2H2;2H,1H3. The summed E-state index contributed by atoms with van der Waals surface area (Å²) in [5, 5.41) is 7.00. The first-order valence-electron chi connectivity index (χ1n) is 2.98. The molecule has 1 heteroatoms. The van der Waals surface area contributed by atoms with Gasteiger partial charge in [0.25, 0.3) is 0 Å². The average Bonchev–Trinajstić information content (AvgIpc) is 1.96. The predicted molar refractivity (Wildman–Crippen MR) is 49.0 cm³/mol. The highest BCUT2D eigenvalue weighted by Gasteiger charge is 1.63. The molecule has 0 saturated heterocycles. The highest BCUT2D eigenvalue weighted by molar-refractivity contribution is 5.04. The highest BCUT2D eigenvalue weighted by atomic mass is 16.2. The highest BCUT2D eigenvalue weighted by Crippen LogP contribution is 1.85. The second-order valence-electron chi connectivity index (χ2n) is 1.48. The van der Waals surface area contributed by atoms with E-state index in [1.165, 1.54) is 5.57 Å². The van der Waals surface area contributed by atoms with Crippen molar-refractivity contribution in [3.8, 4) is 0 Å². The van der Waals surface area contributed by atoms with Gasteiger partial charge < -0.3 is 5.11 Å². The van der Waals surface area contributed by atoms with Crippen LogP contribution in [0.4, 0.5) is 0 Å². The van der Waals surface area contributed by atoms with Crippen molar-refractivity contribution in [3.05, 3.63) is 37.5 Å². The van der Waals surface area contributed by atoms with Crippen molar-refractivity contribution in [2.75, 3.05) is 7.11 Å². The molecule has 0 atom stereocenters. The van der Waals surface area contributed by atoms with Crippen molar-refractivity contribution in [2.24, 2.45) is 0 Å². The Labute approximate surface area is 64.4 Å². The second-order valence-corrected chi connectivity index (χ2v) is 1.48. The third-order valence-corrected chi connectivity index (χ3v) is 0.451. The van der Waals surface area contributed by atoms with Gasteiger partial charge in [0.15, 0.2) is 0 Å². The smallest absolute Gasteiger partial charge is 0.0319 e. The van der Waals surface area contributed by atoms with E-state index in [0.29, 0.717) is 0 Å². The molecule has 0 rings (SSSR count). The quantitative estimate of drug-likeness (QED) is 0.440. The summed E-state index contributed by atoms with van der Waals surface area (Å²) < 4.78 is 0. The fraction of sp³-hybridized carbons (Fsp3) is 0.333. The summed E-state index contributed by atoms with van der Waals surface area (Å²) in [7, 11) is 1.00. The van der Waals surface area contributed by atoms with Crippen molar-refractivity contribution in [2.45, 2.75) is 13.8 Å². The minimum atomic E-state index is 1.00. The van der Waals surface area contributed by atoms with E-state index < -0.39 is 0 Å². The molecule has 0 unspecified atom stereocenters. The van der Waals surface area contributed by atoms with Crippen molar-refractivity contribution in [1.29, 1.82) is 0 Å². The summed E-state index contributed by atoms with van der Waals surface area (Å²) in [6.07, 6.45) is 3.76. The topological polar surface area (TPSA) is 20.2 Å². The van der Waals surface area contributed by atoms with Crippen LogP contribution in [0, 0.1) is 0 Å². The van der Waals surface area contributed by atoms with Gasteiger partial charge in [-0.25, -0.2) is 0 Å². The Bertz CT molecular complexity index is 78.7. The molecule has 0 aliphatic carbocycles. The van der Waals surface area contributed by atoms with E-state index in [9.17, 15) is 0 Å². The monoisotopic (exact) mass is 142 g/mol. The summed E-state index contributed by atoms with van der Waals surface area (Å²) >= 11 is 0. The summed E-state index contributed by atoms with van der Waals surface area (Å²) in [4.78, 5) is 0. The average molecular weight is 142 g/mol. The number of hydrogen-bond acceptors (Lipinski definition) is 1. The van der Waals surface area contributed by atoms with E-state index in [1.807, 2.05) is 19.9 Å². The van der Waals surface area contributed by atoms with Crippen LogP contribution >= 0.6 is 0 Å². The SMILES string of the molecule is C=C.C=CC=C(C)C.CO. The zero-order chi connectivity index (χ0) is 8.99. The summed E-state index contributed by atoms with van der Waals surface area (Å²) in [6.45, 7) is 13.6. The Hall–Kier alpha value is -0.820. The molecule has 1 N–H and O–H groups in total. The molecule has 0 bridgehead atoms. The van der Waals surface area contributed by atoms with Crippen molar-refractivity contribution >= 4 is 0 Å². The molecule has 0 spiro atoms. The number of aliphatic hydroxyl groups excluding tert-OH is 1. The van der Waals surface area contributed by atoms with Crippen LogP contribution in [-0.2, 0) is 0 Å². The molecule has 0 aromatic carbocycles. The molecule has 0 heterocycles. The minimum Gasteiger partial charge on any atom is -0.400 e. The summed E-state index contributed by atoms with van der Waals surface area (Å²) in [5.41, 5.74) is 1.30. The van der Waals surface area contributed by atoms with Gasteiger partial charge in [-0.15, -0.1) is 13.2 Å². The molecule has 0 aliphatic heterocycles. The van der Waals surface area contributed by atoms with Gasteiger partial charge in [-0.05, 0) is 13.8 Å². The molecular weight excluding hydrogens is 124 g/mol. The van der Waals surface area contributed by atoms with Gasteiger partial charge in [0, 0.05) is 7.11 Å². The van der Waals surface area contributed by atoms with Crippen LogP contribution in [0.3, 0.4) is 0 Å². The first-order valence-corrected chi connectivity index (χ1v) is 2.98. The first kappa shape index (κ1) is 16.1. The minimum absolute atomic E-state index is 1.00. The molecule has 0 aliphatic rings. The van der Waals surface area contributed by atoms with E-state index in [2.05, 4.69) is 19.7 Å². The molecule has 60 valence electrons. The van der Waals surface area contributed by atoms with E-state index in [1.54, 1.807) is 6.08 Å². The van der Waals surface area contributed by atoms with Crippen LogP contribution in [0.2, 0.25) is 0 Å². The lowest BCUT2D eigenvalue weighted by molar-refractivity contribution is 0.399.